The predicted octanol–water partition coefficient (Wildman–Crippen LogP) is 1.85. The molecule has 0 aliphatic rings. The Bertz CT molecular complexity index is 349. The van der Waals surface area contributed by atoms with Gasteiger partial charge in [0.05, 0.1) is 11.4 Å². The SMILES string of the molecule is CCc1cc(CNCCCNC(C)(C)C)n(C)n1. The summed E-state index contributed by atoms with van der Waals surface area (Å²) in [5.41, 5.74) is 2.65. The van der Waals surface area contributed by atoms with Crippen molar-refractivity contribution >= 4 is 0 Å². The normalized spacial score (nSPS) is 12.1. The van der Waals surface area contributed by atoms with Crippen LogP contribution in [0.1, 0.15) is 45.5 Å². The minimum Gasteiger partial charge on any atom is -0.312 e. The van der Waals surface area contributed by atoms with Crippen LogP contribution in [-0.2, 0) is 20.0 Å². The highest BCUT2D eigenvalue weighted by Crippen LogP contribution is 2.03. The van der Waals surface area contributed by atoms with Gasteiger partial charge in [-0.2, -0.15) is 5.10 Å². The topological polar surface area (TPSA) is 41.9 Å². The summed E-state index contributed by atoms with van der Waals surface area (Å²) in [6.45, 7) is 11.7. The Morgan fingerprint density at radius 2 is 2.00 bits per heavy atom. The van der Waals surface area contributed by atoms with Crippen LogP contribution >= 0.6 is 0 Å². The Labute approximate surface area is 111 Å². The Balaban J connectivity index is 2.16. The van der Waals surface area contributed by atoms with E-state index < -0.39 is 0 Å². The van der Waals surface area contributed by atoms with Gasteiger partial charge < -0.3 is 10.6 Å². The van der Waals surface area contributed by atoms with E-state index in [1.165, 1.54) is 11.4 Å². The summed E-state index contributed by atoms with van der Waals surface area (Å²) in [5, 5.41) is 11.4. The fourth-order valence-corrected chi connectivity index (χ4v) is 1.80. The first-order valence-electron chi connectivity index (χ1n) is 6.90. The summed E-state index contributed by atoms with van der Waals surface area (Å²) >= 11 is 0. The van der Waals surface area contributed by atoms with E-state index in [1.54, 1.807) is 0 Å². The van der Waals surface area contributed by atoms with Crippen molar-refractivity contribution < 1.29 is 0 Å². The molecule has 1 heterocycles. The maximum atomic E-state index is 4.44. The van der Waals surface area contributed by atoms with Gasteiger partial charge in [0, 0.05) is 19.1 Å². The van der Waals surface area contributed by atoms with Crippen molar-refractivity contribution in [1.29, 1.82) is 0 Å². The molecule has 0 unspecified atom stereocenters. The number of hydrogen-bond acceptors (Lipinski definition) is 3. The molecule has 1 aromatic rings. The molecular formula is C14H28N4. The number of aryl methyl sites for hydroxylation is 2. The molecule has 0 aliphatic heterocycles. The van der Waals surface area contributed by atoms with Crippen molar-refractivity contribution in [2.24, 2.45) is 7.05 Å². The van der Waals surface area contributed by atoms with E-state index in [4.69, 9.17) is 0 Å². The van der Waals surface area contributed by atoms with E-state index in [0.29, 0.717) is 0 Å². The van der Waals surface area contributed by atoms with Crippen LogP contribution in [0.5, 0.6) is 0 Å². The van der Waals surface area contributed by atoms with Gasteiger partial charge in [0.2, 0.25) is 0 Å². The van der Waals surface area contributed by atoms with Gasteiger partial charge in [-0.3, -0.25) is 4.68 Å². The second kappa shape index (κ2) is 6.90. The second-order valence-electron chi connectivity index (χ2n) is 5.81. The molecular weight excluding hydrogens is 224 g/mol. The van der Waals surface area contributed by atoms with Crippen molar-refractivity contribution in [2.75, 3.05) is 13.1 Å². The smallest absolute Gasteiger partial charge is 0.0625 e. The Hall–Kier alpha value is -0.870. The fourth-order valence-electron chi connectivity index (χ4n) is 1.80. The lowest BCUT2D eigenvalue weighted by Gasteiger charge is -2.20. The van der Waals surface area contributed by atoms with Crippen LogP contribution in [-0.4, -0.2) is 28.4 Å². The van der Waals surface area contributed by atoms with Crippen molar-refractivity contribution in [2.45, 2.75) is 52.6 Å². The molecule has 0 saturated heterocycles. The summed E-state index contributed by atoms with van der Waals surface area (Å²) in [7, 11) is 2.01. The minimum absolute atomic E-state index is 0.220. The first-order valence-corrected chi connectivity index (χ1v) is 6.90. The molecule has 4 heteroatoms. The number of nitrogens with zero attached hydrogens (tertiary/aromatic N) is 2. The maximum absolute atomic E-state index is 4.44. The maximum Gasteiger partial charge on any atom is 0.0625 e. The van der Waals surface area contributed by atoms with Gasteiger partial charge in [-0.25, -0.2) is 0 Å². The molecule has 0 fully saturated rings. The minimum atomic E-state index is 0.220. The van der Waals surface area contributed by atoms with E-state index in [1.807, 2.05) is 11.7 Å². The largest absolute Gasteiger partial charge is 0.312 e. The van der Waals surface area contributed by atoms with Gasteiger partial charge in [0.15, 0.2) is 0 Å². The highest BCUT2D eigenvalue weighted by molar-refractivity contribution is 5.09. The first kappa shape index (κ1) is 15.2. The Kier molecular flexibility index (Phi) is 5.82. The van der Waals surface area contributed by atoms with Crippen molar-refractivity contribution in [3.63, 3.8) is 0 Å². The van der Waals surface area contributed by atoms with Gasteiger partial charge in [-0.1, -0.05) is 6.92 Å². The number of rotatable bonds is 7. The highest BCUT2D eigenvalue weighted by Gasteiger charge is 2.07. The summed E-state index contributed by atoms with van der Waals surface area (Å²) in [6, 6.07) is 2.18. The quantitative estimate of drug-likeness (QED) is 0.728. The zero-order chi connectivity index (χ0) is 13.6. The summed E-state index contributed by atoms with van der Waals surface area (Å²) in [5.74, 6) is 0. The molecule has 0 aliphatic carbocycles. The van der Waals surface area contributed by atoms with Crippen LogP contribution in [0.4, 0.5) is 0 Å². The lowest BCUT2D eigenvalue weighted by molar-refractivity contribution is 0.418. The zero-order valence-electron chi connectivity index (χ0n) is 12.5. The lowest BCUT2D eigenvalue weighted by Crippen LogP contribution is -2.37. The standard InChI is InChI=1S/C14H28N4/c1-6-12-10-13(18(5)17-12)11-15-8-7-9-16-14(2,3)4/h10,15-16H,6-9,11H2,1-5H3. The van der Waals surface area contributed by atoms with Crippen LogP contribution in [0.25, 0.3) is 0 Å². The molecule has 1 aromatic heterocycles. The summed E-state index contributed by atoms with van der Waals surface area (Å²) in [4.78, 5) is 0. The van der Waals surface area contributed by atoms with E-state index >= 15 is 0 Å². The highest BCUT2D eigenvalue weighted by atomic mass is 15.3. The van der Waals surface area contributed by atoms with Crippen LogP contribution in [0.15, 0.2) is 6.07 Å². The molecule has 0 spiro atoms. The van der Waals surface area contributed by atoms with Crippen molar-refractivity contribution in [3.8, 4) is 0 Å². The van der Waals surface area contributed by atoms with E-state index in [9.17, 15) is 0 Å². The summed E-state index contributed by atoms with van der Waals surface area (Å²) < 4.78 is 1.97. The predicted molar refractivity (Wildman–Crippen MR) is 76.7 cm³/mol. The van der Waals surface area contributed by atoms with E-state index in [0.717, 1.165) is 32.5 Å². The average Bonchev–Trinajstić information content (AvgIpc) is 2.63. The molecule has 0 bridgehead atoms. The van der Waals surface area contributed by atoms with Gasteiger partial charge >= 0.3 is 0 Å². The molecule has 104 valence electrons. The number of hydrogen-bond donors (Lipinski definition) is 2. The average molecular weight is 252 g/mol. The molecule has 0 saturated carbocycles. The third-order valence-corrected chi connectivity index (χ3v) is 2.88. The Morgan fingerprint density at radius 3 is 2.56 bits per heavy atom. The third kappa shape index (κ3) is 5.65. The van der Waals surface area contributed by atoms with Gasteiger partial charge in [0.25, 0.3) is 0 Å². The molecule has 2 N–H and O–H groups in total. The number of nitrogens with one attached hydrogen (secondary N) is 2. The van der Waals surface area contributed by atoms with Crippen LogP contribution in [0.3, 0.4) is 0 Å². The molecule has 0 atom stereocenters. The van der Waals surface area contributed by atoms with Crippen molar-refractivity contribution in [3.05, 3.63) is 17.5 Å². The van der Waals surface area contributed by atoms with Crippen molar-refractivity contribution in [1.82, 2.24) is 20.4 Å². The first-order chi connectivity index (χ1) is 8.42. The van der Waals surface area contributed by atoms with Gasteiger partial charge in [0.1, 0.15) is 0 Å². The monoisotopic (exact) mass is 252 g/mol. The van der Waals surface area contributed by atoms with Crippen LogP contribution in [0.2, 0.25) is 0 Å². The molecule has 0 radical (unpaired) electrons. The van der Waals surface area contributed by atoms with E-state index in [2.05, 4.69) is 49.5 Å². The van der Waals surface area contributed by atoms with Gasteiger partial charge in [-0.15, -0.1) is 0 Å². The number of aromatic nitrogens is 2. The fraction of sp³-hybridized carbons (Fsp3) is 0.786. The lowest BCUT2D eigenvalue weighted by atomic mass is 10.1. The molecule has 0 aromatic carbocycles. The second-order valence-corrected chi connectivity index (χ2v) is 5.81. The van der Waals surface area contributed by atoms with Crippen LogP contribution < -0.4 is 10.6 Å². The van der Waals surface area contributed by atoms with Gasteiger partial charge in [-0.05, 0) is 52.8 Å². The Morgan fingerprint density at radius 1 is 1.28 bits per heavy atom. The molecule has 0 amide bonds. The van der Waals surface area contributed by atoms with Crippen LogP contribution in [0, 0.1) is 0 Å². The zero-order valence-corrected chi connectivity index (χ0v) is 12.5. The summed E-state index contributed by atoms with van der Waals surface area (Å²) in [6.07, 6.45) is 2.15. The molecule has 4 nitrogen and oxygen atoms in total. The molecule has 18 heavy (non-hydrogen) atoms. The third-order valence-electron chi connectivity index (χ3n) is 2.88. The molecule has 1 rings (SSSR count). The van der Waals surface area contributed by atoms with E-state index in [-0.39, 0.29) is 5.54 Å².